The van der Waals surface area contributed by atoms with E-state index in [2.05, 4.69) is 0 Å². The van der Waals surface area contributed by atoms with Crippen molar-refractivity contribution in [3.8, 4) is 5.75 Å². The molecule has 0 aromatic heterocycles. The van der Waals surface area contributed by atoms with E-state index in [4.69, 9.17) is 10.5 Å². The molecule has 2 rings (SSSR count). The number of ether oxygens (including phenoxy) is 1. The number of nitrogens with zero attached hydrogens (tertiary/aromatic N) is 1. The lowest BCUT2D eigenvalue weighted by Crippen LogP contribution is -2.48. The molecule has 10 heteroatoms. The van der Waals surface area contributed by atoms with Crippen LogP contribution >= 0.6 is 0 Å². The SMILES string of the molecule is COc1ccc(S(=O)(=O)N(CCN)[C@H]2CS(=O)(=O)C[C@H]2O)cc1. The largest absolute Gasteiger partial charge is 0.497 e. The lowest BCUT2D eigenvalue weighted by molar-refractivity contribution is 0.129. The van der Waals surface area contributed by atoms with Gasteiger partial charge in [-0.15, -0.1) is 0 Å². The molecular formula is C13H20N2O6S2. The Hall–Kier alpha value is -1.20. The number of sulfonamides is 1. The van der Waals surface area contributed by atoms with Gasteiger partial charge in [0.1, 0.15) is 5.75 Å². The summed E-state index contributed by atoms with van der Waals surface area (Å²) in [5.41, 5.74) is 5.47. The monoisotopic (exact) mass is 364 g/mol. The van der Waals surface area contributed by atoms with Gasteiger partial charge in [-0.05, 0) is 24.3 Å². The molecular weight excluding hydrogens is 344 g/mol. The number of benzene rings is 1. The average molecular weight is 364 g/mol. The number of rotatable bonds is 6. The fourth-order valence-electron chi connectivity index (χ4n) is 2.56. The highest BCUT2D eigenvalue weighted by Crippen LogP contribution is 2.26. The molecule has 1 aromatic carbocycles. The van der Waals surface area contributed by atoms with E-state index in [0.717, 1.165) is 4.31 Å². The zero-order valence-electron chi connectivity index (χ0n) is 12.6. The lowest BCUT2D eigenvalue weighted by Gasteiger charge is -2.28. The van der Waals surface area contributed by atoms with Crippen LogP contribution in [0.1, 0.15) is 0 Å². The van der Waals surface area contributed by atoms with Gasteiger partial charge in [-0.3, -0.25) is 0 Å². The van der Waals surface area contributed by atoms with E-state index in [1.807, 2.05) is 0 Å². The van der Waals surface area contributed by atoms with Crippen LogP contribution < -0.4 is 10.5 Å². The maximum atomic E-state index is 12.8. The number of hydrogen-bond donors (Lipinski definition) is 2. The Morgan fingerprint density at radius 3 is 2.35 bits per heavy atom. The molecule has 1 saturated heterocycles. The number of aliphatic hydroxyl groups is 1. The van der Waals surface area contributed by atoms with Gasteiger partial charge >= 0.3 is 0 Å². The van der Waals surface area contributed by atoms with Crippen LogP contribution in [0.3, 0.4) is 0 Å². The number of methoxy groups -OCH3 is 1. The van der Waals surface area contributed by atoms with Crippen molar-refractivity contribution in [2.75, 3.05) is 31.7 Å². The first-order valence-corrected chi connectivity index (χ1v) is 10.2. The number of nitrogens with two attached hydrogens (primary N) is 1. The summed E-state index contributed by atoms with van der Waals surface area (Å²) in [7, 11) is -6.00. The number of aliphatic hydroxyl groups excluding tert-OH is 1. The Morgan fingerprint density at radius 1 is 1.30 bits per heavy atom. The van der Waals surface area contributed by atoms with E-state index in [0.29, 0.717) is 5.75 Å². The maximum Gasteiger partial charge on any atom is 0.243 e. The first-order valence-electron chi connectivity index (χ1n) is 6.96. The van der Waals surface area contributed by atoms with Crippen LogP contribution in [0.5, 0.6) is 5.75 Å². The minimum Gasteiger partial charge on any atom is -0.497 e. The van der Waals surface area contributed by atoms with Crippen molar-refractivity contribution in [2.24, 2.45) is 5.73 Å². The topological polar surface area (TPSA) is 127 Å². The molecule has 0 saturated carbocycles. The average Bonchev–Trinajstić information content (AvgIpc) is 2.77. The van der Waals surface area contributed by atoms with Crippen molar-refractivity contribution in [3.63, 3.8) is 0 Å². The fraction of sp³-hybridized carbons (Fsp3) is 0.538. The molecule has 23 heavy (non-hydrogen) atoms. The fourth-order valence-corrected chi connectivity index (χ4v) is 6.12. The smallest absolute Gasteiger partial charge is 0.243 e. The van der Waals surface area contributed by atoms with E-state index < -0.39 is 43.5 Å². The Morgan fingerprint density at radius 2 is 1.91 bits per heavy atom. The zero-order valence-corrected chi connectivity index (χ0v) is 14.3. The quantitative estimate of drug-likeness (QED) is 0.649. The van der Waals surface area contributed by atoms with Gasteiger partial charge in [0.05, 0.1) is 35.7 Å². The van der Waals surface area contributed by atoms with Gasteiger partial charge in [0, 0.05) is 13.1 Å². The van der Waals surface area contributed by atoms with Crippen LogP contribution in [-0.2, 0) is 19.9 Å². The number of hydrogen-bond acceptors (Lipinski definition) is 7. The lowest BCUT2D eigenvalue weighted by atomic mass is 10.2. The van der Waals surface area contributed by atoms with E-state index in [9.17, 15) is 21.9 Å². The van der Waals surface area contributed by atoms with E-state index >= 15 is 0 Å². The molecule has 1 aliphatic heterocycles. The normalized spacial score (nSPS) is 24.0. The summed E-state index contributed by atoms with van der Waals surface area (Å²) in [5, 5.41) is 9.97. The molecule has 0 bridgehead atoms. The minimum absolute atomic E-state index is 0.0109. The summed E-state index contributed by atoms with van der Waals surface area (Å²) in [4.78, 5) is -0.0109. The third kappa shape index (κ3) is 3.83. The van der Waals surface area contributed by atoms with Crippen molar-refractivity contribution < 1.29 is 26.7 Å². The maximum absolute atomic E-state index is 12.8. The van der Waals surface area contributed by atoms with Crippen LogP contribution in [0.25, 0.3) is 0 Å². The second-order valence-electron chi connectivity index (χ2n) is 5.29. The van der Waals surface area contributed by atoms with Crippen molar-refractivity contribution in [1.82, 2.24) is 4.31 Å². The molecule has 0 unspecified atom stereocenters. The van der Waals surface area contributed by atoms with Crippen LogP contribution in [0.4, 0.5) is 0 Å². The third-order valence-corrected chi connectivity index (χ3v) is 7.32. The number of sulfone groups is 1. The standard InChI is InChI=1S/C13H20N2O6S2/c1-21-10-2-4-11(5-3-10)23(19,20)15(7-6-14)12-8-22(17,18)9-13(12)16/h2-5,12-13,16H,6-9,14H2,1H3/t12-,13+/m0/s1. The molecule has 1 heterocycles. The van der Waals surface area contributed by atoms with E-state index in [-0.39, 0.29) is 18.0 Å². The van der Waals surface area contributed by atoms with Crippen LogP contribution in [0.2, 0.25) is 0 Å². The zero-order chi connectivity index (χ0) is 17.3. The third-order valence-electron chi connectivity index (χ3n) is 3.68. The summed E-state index contributed by atoms with van der Waals surface area (Å²) in [6, 6.07) is 4.70. The molecule has 0 spiro atoms. The van der Waals surface area contributed by atoms with Crippen molar-refractivity contribution in [2.45, 2.75) is 17.0 Å². The van der Waals surface area contributed by atoms with E-state index in [1.54, 1.807) is 0 Å². The Labute approximate surface area is 135 Å². The Kier molecular flexibility index (Phi) is 5.31. The summed E-state index contributed by atoms with van der Waals surface area (Å²) in [6.07, 6.45) is -1.26. The second kappa shape index (κ2) is 6.73. The first kappa shape index (κ1) is 18.1. The molecule has 3 N–H and O–H groups in total. The van der Waals surface area contributed by atoms with Crippen molar-refractivity contribution >= 4 is 19.9 Å². The van der Waals surface area contributed by atoms with Crippen molar-refractivity contribution in [3.05, 3.63) is 24.3 Å². The van der Waals surface area contributed by atoms with Gasteiger partial charge in [0.25, 0.3) is 0 Å². The van der Waals surface area contributed by atoms with Gasteiger partial charge < -0.3 is 15.6 Å². The first-order chi connectivity index (χ1) is 10.7. The molecule has 2 atom stereocenters. The molecule has 1 aromatic rings. The summed E-state index contributed by atoms with van der Waals surface area (Å²) in [6.45, 7) is -0.0652. The highest BCUT2D eigenvalue weighted by atomic mass is 32.2. The predicted octanol–water partition coefficient (Wildman–Crippen LogP) is -1.20. The molecule has 0 aliphatic carbocycles. The highest BCUT2D eigenvalue weighted by molar-refractivity contribution is 7.92. The molecule has 8 nitrogen and oxygen atoms in total. The summed E-state index contributed by atoms with van der Waals surface area (Å²) in [5.74, 6) is -0.363. The van der Waals surface area contributed by atoms with Crippen LogP contribution in [-0.4, -0.2) is 70.1 Å². The van der Waals surface area contributed by atoms with Gasteiger partial charge in [0.15, 0.2) is 9.84 Å². The molecule has 0 radical (unpaired) electrons. The van der Waals surface area contributed by atoms with Crippen LogP contribution in [0.15, 0.2) is 29.2 Å². The molecule has 0 amide bonds. The minimum atomic E-state index is -3.98. The molecule has 1 aliphatic rings. The van der Waals surface area contributed by atoms with E-state index in [1.165, 1.54) is 31.4 Å². The highest BCUT2D eigenvalue weighted by Gasteiger charge is 2.44. The Balaban J connectivity index is 2.39. The van der Waals surface area contributed by atoms with Crippen molar-refractivity contribution in [1.29, 1.82) is 0 Å². The summed E-state index contributed by atoms with van der Waals surface area (Å²) < 4.78 is 54.9. The van der Waals surface area contributed by atoms with Gasteiger partial charge in [-0.25, -0.2) is 16.8 Å². The van der Waals surface area contributed by atoms with Crippen LogP contribution in [0, 0.1) is 0 Å². The molecule has 1 fully saturated rings. The molecule has 130 valence electrons. The summed E-state index contributed by atoms with van der Waals surface area (Å²) >= 11 is 0. The van der Waals surface area contributed by atoms with Gasteiger partial charge in [-0.1, -0.05) is 0 Å². The predicted molar refractivity (Wildman–Crippen MR) is 84.4 cm³/mol. The second-order valence-corrected chi connectivity index (χ2v) is 9.34. The van der Waals surface area contributed by atoms with Gasteiger partial charge in [-0.2, -0.15) is 4.31 Å². The van der Waals surface area contributed by atoms with Gasteiger partial charge in [0.2, 0.25) is 10.0 Å². The Bertz CT molecular complexity index is 745.